The van der Waals surface area contributed by atoms with Gasteiger partial charge in [-0.15, -0.1) is 0 Å². The molecule has 1 N–H and O–H groups in total. The molecule has 6 heteroatoms. The fraction of sp³-hybridized carbons (Fsp3) is 0.464. The summed E-state index contributed by atoms with van der Waals surface area (Å²) in [6.45, 7) is 2.11. The lowest BCUT2D eigenvalue weighted by molar-refractivity contribution is -0.147. The molecule has 34 heavy (non-hydrogen) atoms. The van der Waals surface area contributed by atoms with Gasteiger partial charge in [0.2, 0.25) is 0 Å². The van der Waals surface area contributed by atoms with E-state index in [0.29, 0.717) is 11.8 Å². The zero-order valence-electron chi connectivity index (χ0n) is 19.4. The second-order valence-electron chi connectivity index (χ2n) is 9.95. The maximum Gasteiger partial charge on any atom is 0.327 e. The van der Waals surface area contributed by atoms with Crippen molar-refractivity contribution in [3.63, 3.8) is 0 Å². The molecule has 5 nitrogen and oxygen atoms in total. The number of carbonyl (C=O) groups is 1. The number of halogens is 1. The third-order valence-corrected chi connectivity index (χ3v) is 8.11. The Labute approximate surface area is 200 Å². The first-order chi connectivity index (χ1) is 16.5. The van der Waals surface area contributed by atoms with Gasteiger partial charge in [-0.25, -0.2) is 4.39 Å². The summed E-state index contributed by atoms with van der Waals surface area (Å²) in [5.74, 6) is 0.603. The van der Waals surface area contributed by atoms with E-state index < -0.39 is 5.54 Å². The number of nitrogens with zero attached hydrogens (tertiary/aromatic N) is 2. The molecule has 0 radical (unpaired) electrons. The van der Waals surface area contributed by atoms with E-state index in [-0.39, 0.29) is 36.3 Å². The monoisotopic (exact) mass is 459 g/mol. The van der Waals surface area contributed by atoms with Crippen LogP contribution in [-0.2, 0) is 9.53 Å². The molecule has 176 valence electrons. The van der Waals surface area contributed by atoms with E-state index >= 15 is 0 Å². The van der Waals surface area contributed by atoms with Gasteiger partial charge in [0.25, 0.3) is 0 Å². The molecule has 0 unspecified atom stereocenters. The van der Waals surface area contributed by atoms with E-state index in [4.69, 9.17) is 4.74 Å². The first kappa shape index (κ1) is 22.7. The number of esters is 1. The smallest absolute Gasteiger partial charge is 0.327 e. The summed E-state index contributed by atoms with van der Waals surface area (Å²) in [4.78, 5) is 17.7. The Hall–Kier alpha value is -3.04. The molecule has 2 heterocycles. The van der Waals surface area contributed by atoms with Crippen molar-refractivity contribution in [3.8, 4) is 17.2 Å². The van der Waals surface area contributed by atoms with Crippen LogP contribution in [0.2, 0.25) is 0 Å². The molecule has 0 amide bonds. The van der Waals surface area contributed by atoms with Crippen LogP contribution in [0.25, 0.3) is 17.2 Å². The molecule has 1 saturated heterocycles. The van der Waals surface area contributed by atoms with Gasteiger partial charge in [-0.3, -0.25) is 15.1 Å². The number of hydrogen-bond acceptors (Lipinski definition) is 5. The van der Waals surface area contributed by atoms with Gasteiger partial charge >= 0.3 is 5.97 Å². The lowest BCUT2D eigenvalue weighted by atomic mass is 9.54. The number of allylic oxidation sites excluding steroid dienone is 1. The standard InChI is InChI=1S/C28H30FN3O2/c1-18-26-25(12-11-23-10-9-21(17-31-23)19-6-4-7-22(29)15-19)24-8-3-2-5-20(24)16-28(26,27(33)34-18)32-14-13-30/h4,6-7,9-12,15,17-18,20,24-26,32H,2-3,5,8,14,16H2,1H3/b12-11+/t18-,20+,24-,25+,26+,28+/m1/s1. The van der Waals surface area contributed by atoms with Gasteiger partial charge in [-0.1, -0.05) is 43.5 Å². The molecule has 1 aliphatic heterocycles. The Balaban J connectivity index is 1.44. The number of hydrogen-bond donors (Lipinski definition) is 1. The van der Waals surface area contributed by atoms with E-state index in [1.165, 1.54) is 25.0 Å². The van der Waals surface area contributed by atoms with Crippen LogP contribution in [0.1, 0.15) is 44.7 Å². The van der Waals surface area contributed by atoms with Gasteiger partial charge in [0.05, 0.1) is 18.3 Å². The quantitative estimate of drug-likeness (QED) is 0.495. The van der Waals surface area contributed by atoms with Crippen molar-refractivity contribution >= 4 is 12.0 Å². The van der Waals surface area contributed by atoms with Gasteiger partial charge in [0, 0.05) is 17.7 Å². The van der Waals surface area contributed by atoms with Crippen molar-refractivity contribution in [2.75, 3.05) is 6.54 Å². The highest BCUT2D eigenvalue weighted by molar-refractivity contribution is 5.84. The molecule has 3 aliphatic rings. The number of fused-ring (bicyclic) bond motifs is 2. The second-order valence-corrected chi connectivity index (χ2v) is 9.95. The van der Waals surface area contributed by atoms with Crippen molar-refractivity contribution in [1.29, 1.82) is 5.26 Å². The molecule has 2 aliphatic carbocycles. The highest BCUT2D eigenvalue weighted by atomic mass is 19.1. The van der Waals surface area contributed by atoms with Crippen molar-refractivity contribution in [1.82, 2.24) is 10.3 Å². The maximum atomic E-state index is 13.6. The summed E-state index contributed by atoms with van der Waals surface area (Å²) < 4.78 is 19.4. The number of pyridine rings is 1. The molecule has 2 saturated carbocycles. The third-order valence-electron chi connectivity index (χ3n) is 8.11. The zero-order valence-corrected chi connectivity index (χ0v) is 19.4. The fourth-order valence-corrected chi connectivity index (χ4v) is 6.70. The van der Waals surface area contributed by atoms with E-state index in [1.807, 2.05) is 31.2 Å². The molecule has 0 spiro atoms. The number of ether oxygens (including phenoxy) is 1. The van der Waals surface area contributed by atoms with E-state index in [9.17, 15) is 14.4 Å². The van der Waals surface area contributed by atoms with Crippen molar-refractivity contribution in [3.05, 3.63) is 60.2 Å². The maximum absolute atomic E-state index is 13.6. The molecular formula is C28H30FN3O2. The minimum absolute atomic E-state index is 0.0180. The Kier molecular flexibility index (Phi) is 6.22. The summed E-state index contributed by atoms with van der Waals surface area (Å²) >= 11 is 0. The first-order valence-electron chi connectivity index (χ1n) is 12.2. The zero-order chi connectivity index (χ0) is 23.7. The summed E-state index contributed by atoms with van der Waals surface area (Å²) in [7, 11) is 0. The van der Waals surface area contributed by atoms with Crippen molar-refractivity contribution in [2.45, 2.75) is 50.7 Å². The number of nitriles is 1. The molecule has 3 fully saturated rings. The first-order valence-corrected chi connectivity index (χ1v) is 12.2. The Bertz CT molecular complexity index is 1130. The normalized spacial score (nSPS) is 32.6. The molecule has 5 rings (SSSR count). The number of cyclic esters (lactones) is 1. The van der Waals surface area contributed by atoms with Crippen molar-refractivity contribution in [2.24, 2.45) is 23.7 Å². The molecule has 1 aromatic heterocycles. The minimum atomic E-state index is -0.794. The topological polar surface area (TPSA) is 75.0 Å². The number of nitrogens with one attached hydrogen (secondary N) is 1. The Morgan fingerprint density at radius 3 is 2.88 bits per heavy atom. The van der Waals surface area contributed by atoms with Crippen LogP contribution in [0, 0.1) is 40.8 Å². The van der Waals surface area contributed by atoms with E-state index in [1.54, 1.807) is 12.3 Å². The van der Waals surface area contributed by atoms with Crippen LogP contribution in [0.15, 0.2) is 48.7 Å². The summed E-state index contributed by atoms with van der Waals surface area (Å²) in [5, 5.41) is 12.5. The summed E-state index contributed by atoms with van der Waals surface area (Å²) in [6.07, 6.45) is 11.2. The average molecular weight is 460 g/mol. The molecule has 2 aromatic rings. The van der Waals surface area contributed by atoms with Crippen molar-refractivity contribution < 1.29 is 13.9 Å². The summed E-state index contributed by atoms with van der Waals surface area (Å²) in [5.41, 5.74) is 1.69. The molecular weight excluding hydrogens is 429 g/mol. The lowest BCUT2D eigenvalue weighted by Crippen LogP contribution is -2.62. The van der Waals surface area contributed by atoms with Gasteiger partial charge < -0.3 is 4.74 Å². The Morgan fingerprint density at radius 2 is 2.12 bits per heavy atom. The summed E-state index contributed by atoms with van der Waals surface area (Å²) in [6, 6.07) is 12.6. The van der Waals surface area contributed by atoms with Crippen LogP contribution in [0.4, 0.5) is 4.39 Å². The number of rotatable bonds is 5. The number of benzene rings is 1. The van der Waals surface area contributed by atoms with Crippen LogP contribution in [0.3, 0.4) is 0 Å². The third kappa shape index (κ3) is 4.03. The van der Waals surface area contributed by atoms with Crippen LogP contribution >= 0.6 is 0 Å². The fourth-order valence-electron chi connectivity index (χ4n) is 6.70. The van der Waals surface area contributed by atoms with E-state index in [2.05, 4.69) is 22.4 Å². The van der Waals surface area contributed by atoms with E-state index in [0.717, 1.165) is 36.1 Å². The van der Waals surface area contributed by atoms with Gasteiger partial charge in [0.1, 0.15) is 17.5 Å². The predicted molar refractivity (Wildman–Crippen MR) is 128 cm³/mol. The van der Waals surface area contributed by atoms with Gasteiger partial charge in [-0.05, 0) is 67.4 Å². The van der Waals surface area contributed by atoms with Crippen LogP contribution in [-0.4, -0.2) is 29.1 Å². The number of carbonyl (C=O) groups excluding carboxylic acids is 1. The SMILES string of the molecule is C[C@H]1OC(=O)[C@]2(NCC#N)C[C@@H]3CCCC[C@H]3[C@H](/C=C/c3ccc(-c4cccc(F)c4)cn3)[C@H]12. The molecule has 0 bridgehead atoms. The lowest BCUT2D eigenvalue weighted by Gasteiger charge is -2.51. The van der Waals surface area contributed by atoms with Gasteiger partial charge in [-0.2, -0.15) is 5.26 Å². The second kappa shape index (κ2) is 9.31. The largest absolute Gasteiger partial charge is 0.461 e. The highest BCUT2D eigenvalue weighted by Crippen LogP contribution is 2.55. The van der Waals surface area contributed by atoms with Crippen LogP contribution in [0.5, 0.6) is 0 Å². The minimum Gasteiger partial charge on any atom is -0.461 e. The van der Waals surface area contributed by atoms with Crippen LogP contribution < -0.4 is 5.32 Å². The number of aromatic nitrogens is 1. The highest BCUT2D eigenvalue weighted by Gasteiger charge is 2.63. The van der Waals surface area contributed by atoms with Gasteiger partial charge in [0.15, 0.2) is 0 Å². The molecule has 6 atom stereocenters. The Morgan fingerprint density at radius 1 is 1.26 bits per heavy atom. The predicted octanol–water partition coefficient (Wildman–Crippen LogP) is 5.14. The average Bonchev–Trinajstić information content (AvgIpc) is 3.10. The molecule has 1 aromatic carbocycles.